The van der Waals surface area contributed by atoms with Gasteiger partial charge in [0.1, 0.15) is 5.75 Å². The van der Waals surface area contributed by atoms with E-state index < -0.39 is 8.24 Å². The second-order valence-electron chi connectivity index (χ2n) is 5.33. The Labute approximate surface area is 109 Å². The van der Waals surface area contributed by atoms with Crippen LogP contribution in [-0.4, -0.2) is 21.6 Å². The molecule has 0 aliphatic rings. The van der Waals surface area contributed by atoms with Crippen LogP contribution in [0.1, 0.15) is 5.56 Å². The molecule has 0 heterocycles. The first-order valence-electron chi connectivity index (χ1n) is 6.12. The van der Waals surface area contributed by atoms with Gasteiger partial charge in [0, 0.05) is 11.8 Å². The van der Waals surface area contributed by atoms with E-state index in [9.17, 15) is 0 Å². The van der Waals surface area contributed by atoms with Crippen LogP contribution in [0, 0.1) is 0 Å². The monoisotopic (exact) mass is 257 g/mol. The lowest BCUT2D eigenvalue weighted by atomic mass is 10.0. The van der Waals surface area contributed by atoms with Crippen molar-refractivity contribution in [3.63, 3.8) is 0 Å². The fourth-order valence-corrected chi connectivity index (χ4v) is 2.36. The highest BCUT2D eigenvalue weighted by Crippen LogP contribution is 2.26. The highest BCUT2D eigenvalue weighted by atomic mass is 28.3. The molecule has 3 heteroatoms. The van der Waals surface area contributed by atoms with E-state index in [0.717, 1.165) is 11.3 Å². The topological polar surface area (TPSA) is 21.6 Å². The molecule has 2 aromatic rings. The van der Waals surface area contributed by atoms with E-state index in [-0.39, 0.29) is 0 Å². The van der Waals surface area contributed by atoms with E-state index >= 15 is 0 Å². The molecule has 18 heavy (non-hydrogen) atoms. The molecule has 0 aliphatic heterocycles. The summed E-state index contributed by atoms with van der Waals surface area (Å²) in [6, 6.07) is 12.4. The number of benzene rings is 2. The van der Waals surface area contributed by atoms with Gasteiger partial charge in [-0.05, 0) is 36.5 Å². The van der Waals surface area contributed by atoms with E-state index in [1.807, 2.05) is 24.4 Å². The molecule has 0 saturated carbocycles. The van der Waals surface area contributed by atoms with Crippen molar-refractivity contribution in [1.82, 2.24) is 0 Å². The third kappa shape index (κ3) is 2.79. The maximum atomic E-state index is 5.44. The van der Waals surface area contributed by atoms with Crippen LogP contribution in [0.15, 0.2) is 41.1 Å². The zero-order valence-electron chi connectivity index (χ0n) is 11.4. The Morgan fingerprint density at radius 3 is 2.44 bits per heavy atom. The minimum atomic E-state index is -1.45. The number of rotatable bonds is 3. The highest BCUT2D eigenvalue weighted by Gasteiger charge is 2.11. The molecule has 0 fully saturated rings. The van der Waals surface area contributed by atoms with Crippen molar-refractivity contribution < 1.29 is 4.74 Å². The van der Waals surface area contributed by atoms with E-state index in [4.69, 9.17) is 9.39 Å². The van der Waals surface area contributed by atoms with Gasteiger partial charge in [0.15, 0.2) is 8.24 Å². The summed E-state index contributed by atoms with van der Waals surface area (Å²) in [7, 11) is 0.255. The molecule has 2 nitrogen and oxygen atoms in total. The molecule has 0 bridgehead atoms. The molecule has 0 radical (unpaired) electrons. The molecule has 0 amide bonds. The minimum absolute atomic E-state index is 0.885. The number of fused-ring (bicyclic) bond motifs is 1. The Hall–Kier alpha value is -1.61. The van der Waals surface area contributed by atoms with Gasteiger partial charge in [0.25, 0.3) is 0 Å². The van der Waals surface area contributed by atoms with E-state index in [1.165, 1.54) is 10.8 Å². The standard InChI is InChI=1S/C15H19NOSi/c1-17-15-10-9-12-7-5-6-8-13(12)14(15)11-16-18(2,3)4/h5-11H,1-4H3/b16-11+. The second-order valence-corrected chi connectivity index (χ2v) is 9.93. The number of ether oxygens (including phenoxy) is 1. The van der Waals surface area contributed by atoms with Gasteiger partial charge in [-0.15, -0.1) is 0 Å². The van der Waals surface area contributed by atoms with Crippen molar-refractivity contribution >= 4 is 25.2 Å². The number of methoxy groups -OCH3 is 1. The van der Waals surface area contributed by atoms with Gasteiger partial charge >= 0.3 is 0 Å². The molecule has 0 aliphatic carbocycles. The zero-order chi connectivity index (χ0) is 13.2. The van der Waals surface area contributed by atoms with Gasteiger partial charge in [-0.25, -0.2) is 0 Å². The molecular formula is C15H19NOSi. The Morgan fingerprint density at radius 2 is 1.78 bits per heavy atom. The molecule has 2 rings (SSSR count). The normalized spacial score (nSPS) is 12.2. The van der Waals surface area contributed by atoms with Gasteiger partial charge in [-0.3, -0.25) is 0 Å². The molecule has 0 aromatic heterocycles. The van der Waals surface area contributed by atoms with Crippen LogP contribution in [0.5, 0.6) is 5.75 Å². The Balaban J connectivity index is 2.62. The van der Waals surface area contributed by atoms with E-state index in [2.05, 4.69) is 37.8 Å². The lowest BCUT2D eigenvalue weighted by molar-refractivity contribution is 0.415. The number of nitrogens with zero attached hydrogens (tertiary/aromatic N) is 1. The second kappa shape index (κ2) is 4.94. The average molecular weight is 257 g/mol. The van der Waals surface area contributed by atoms with Crippen molar-refractivity contribution in [2.75, 3.05) is 7.11 Å². The molecule has 0 N–H and O–H groups in total. The van der Waals surface area contributed by atoms with Crippen molar-refractivity contribution in [2.24, 2.45) is 4.66 Å². The average Bonchev–Trinajstić information content (AvgIpc) is 2.34. The van der Waals surface area contributed by atoms with Gasteiger partial charge in [-0.2, -0.15) is 0 Å². The summed E-state index contributed by atoms with van der Waals surface area (Å²) in [4.78, 5) is 0. The van der Waals surface area contributed by atoms with Crippen molar-refractivity contribution in [1.29, 1.82) is 0 Å². The zero-order valence-corrected chi connectivity index (χ0v) is 12.4. The van der Waals surface area contributed by atoms with Gasteiger partial charge in [0.05, 0.1) is 7.11 Å². The summed E-state index contributed by atoms with van der Waals surface area (Å²) in [5.74, 6) is 0.885. The van der Waals surface area contributed by atoms with Crippen molar-refractivity contribution in [2.45, 2.75) is 19.6 Å². The maximum Gasteiger partial charge on any atom is 0.172 e. The molecule has 0 spiro atoms. The molecular weight excluding hydrogens is 238 g/mol. The Bertz CT molecular complexity index is 585. The quantitative estimate of drug-likeness (QED) is 0.599. The summed E-state index contributed by atoms with van der Waals surface area (Å²) in [6.45, 7) is 6.67. The van der Waals surface area contributed by atoms with Gasteiger partial charge < -0.3 is 9.39 Å². The first kappa shape index (κ1) is 12.8. The maximum absolute atomic E-state index is 5.44. The summed E-state index contributed by atoms with van der Waals surface area (Å²) >= 11 is 0. The lowest BCUT2D eigenvalue weighted by Crippen LogP contribution is -2.16. The van der Waals surface area contributed by atoms with Crippen LogP contribution < -0.4 is 4.74 Å². The molecule has 0 saturated heterocycles. The molecule has 0 atom stereocenters. The lowest BCUT2D eigenvalue weighted by Gasteiger charge is -2.11. The Morgan fingerprint density at radius 1 is 1.06 bits per heavy atom. The third-order valence-corrected chi connectivity index (χ3v) is 3.64. The summed E-state index contributed by atoms with van der Waals surface area (Å²) in [5, 5.41) is 2.41. The fourth-order valence-electron chi connectivity index (χ4n) is 1.84. The predicted octanol–water partition coefficient (Wildman–Crippen LogP) is 4.10. The SMILES string of the molecule is COc1ccc2ccccc2c1/C=N/[Si](C)(C)C. The highest BCUT2D eigenvalue weighted by molar-refractivity contribution is 6.75. The molecule has 94 valence electrons. The van der Waals surface area contributed by atoms with Crippen LogP contribution in [-0.2, 0) is 0 Å². The number of hydrogen-bond acceptors (Lipinski definition) is 2. The smallest absolute Gasteiger partial charge is 0.172 e. The predicted molar refractivity (Wildman–Crippen MR) is 81.4 cm³/mol. The third-order valence-electron chi connectivity index (χ3n) is 2.73. The first-order valence-corrected chi connectivity index (χ1v) is 9.57. The molecule has 2 aromatic carbocycles. The summed E-state index contributed by atoms with van der Waals surface area (Å²) in [6.07, 6.45) is 1.98. The van der Waals surface area contributed by atoms with Crippen LogP contribution in [0.2, 0.25) is 19.6 Å². The first-order chi connectivity index (χ1) is 8.51. The largest absolute Gasteiger partial charge is 0.496 e. The van der Waals surface area contributed by atoms with Crippen LogP contribution in [0.3, 0.4) is 0 Å². The van der Waals surface area contributed by atoms with E-state index in [0.29, 0.717) is 0 Å². The van der Waals surface area contributed by atoms with Gasteiger partial charge in [0.2, 0.25) is 0 Å². The minimum Gasteiger partial charge on any atom is -0.496 e. The van der Waals surface area contributed by atoms with Crippen LogP contribution in [0.25, 0.3) is 10.8 Å². The van der Waals surface area contributed by atoms with Crippen molar-refractivity contribution in [3.05, 3.63) is 42.0 Å². The number of hydrogen-bond donors (Lipinski definition) is 0. The molecule has 0 unspecified atom stereocenters. The Kier molecular flexibility index (Phi) is 3.52. The summed E-state index contributed by atoms with van der Waals surface area (Å²) < 4.78 is 10.2. The van der Waals surface area contributed by atoms with Crippen LogP contribution >= 0.6 is 0 Å². The van der Waals surface area contributed by atoms with Gasteiger partial charge in [-0.1, -0.05) is 30.3 Å². The van der Waals surface area contributed by atoms with Crippen LogP contribution in [0.4, 0.5) is 0 Å². The fraction of sp³-hybridized carbons (Fsp3) is 0.267. The van der Waals surface area contributed by atoms with E-state index in [1.54, 1.807) is 7.11 Å². The van der Waals surface area contributed by atoms with Crippen molar-refractivity contribution in [3.8, 4) is 5.75 Å². The summed E-state index contributed by atoms with van der Waals surface area (Å²) in [5.41, 5.74) is 1.08.